The third-order valence-corrected chi connectivity index (χ3v) is 17.3. The highest BCUT2D eigenvalue weighted by Gasteiger charge is 2.46. The van der Waals surface area contributed by atoms with Gasteiger partial charge in [0.2, 0.25) is 29.5 Å². The number of nitrogens with zero attached hydrogens (tertiary/aromatic N) is 2. The summed E-state index contributed by atoms with van der Waals surface area (Å²) in [5.74, 6) is -2.28. The van der Waals surface area contributed by atoms with Crippen LogP contribution in [0.25, 0.3) is 0 Å². The molecule has 0 radical (unpaired) electrons. The zero-order chi connectivity index (χ0) is 52.6. The minimum atomic E-state index is -0.892. The Hall–Kier alpha value is -6.13. The van der Waals surface area contributed by atoms with Crippen molar-refractivity contribution in [3.05, 3.63) is 106 Å². The Kier molecular flexibility index (Phi) is 17.7. The Morgan fingerprint density at radius 1 is 0.560 bits per heavy atom. The predicted molar refractivity (Wildman–Crippen MR) is 286 cm³/mol. The van der Waals surface area contributed by atoms with E-state index >= 15 is 0 Å². The van der Waals surface area contributed by atoms with Gasteiger partial charge in [0.1, 0.15) is 18.1 Å². The van der Waals surface area contributed by atoms with Crippen molar-refractivity contribution >= 4 is 41.4 Å². The summed E-state index contributed by atoms with van der Waals surface area (Å²) in [6.45, 7) is 4.50. The van der Waals surface area contributed by atoms with Crippen LogP contribution in [0.15, 0.2) is 72.8 Å². The van der Waals surface area contributed by atoms with E-state index in [0.29, 0.717) is 12.1 Å². The van der Waals surface area contributed by atoms with Crippen LogP contribution in [0.2, 0.25) is 0 Å². The van der Waals surface area contributed by atoms with Gasteiger partial charge in [0.05, 0.1) is 24.2 Å². The Morgan fingerprint density at radius 3 is 1.49 bits per heavy atom. The van der Waals surface area contributed by atoms with Crippen LogP contribution in [0.5, 0.6) is 0 Å². The number of benzene rings is 3. The number of nitrogens with two attached hydrogens (primary N) is 1. The van der Waals surface area contributed by atoms with E-state index in [2.05, 4.69) is 50.1 Å². The molecule has 2 aliphatic heterocycles. The van der Waals surface area contributed by atoms with Gasteiger partial charge in [-0.1, -0.05) is 94.0 Å². The Balaban J connectivity index is 0.875. The van der Waals surface area contributed by atoms with E-state index in [1.165, 1.54) is 11.1 Å². The molecule has 0 aromatic heterocycles. The SMILES string of the molecule is CCN[C@@H](C)C(=O)N[C@H](C(=O)N1C[C@@H](NC(=O)c2ccc(C(=O)N[C@H]3C[C@@H](C(=O)N[C@@H]4CCCc5ccccc54)N(C(=O)[C@@H](N)C4CCCCC4)C3)cc2)C[C@H]1C(=O)N[C@@H]1CCCc2ccccc21)C1CCCCC1. The molecule has 9 atom stereocenters. The van der Waals surface area contributed by atoms with Gasteiger partial charge < -0.3 is 47.4 Å². The molecule has 2 heterocycles. The van der Waals surface area contributed by atoms with E-state index in [9.17, 15) is 33.6 Å². The van der Waals surface area contributed by atoms with E-state index in [1.54, 1.807) is 41.0 Å². The third kappa shape index (κ3) is 12.6. The van der Waals surface area contributed by atoms with Gasteiger partial charge in [0, 0.05) is 36.3 Å². The lowest BCUT2D eigenvalue weighted by atomic mass is 9.83. The molecule has 75 heavy (non-hydrogen) atoms. The first-order valence-corrected chi connectivity index (χ1v) is 28.2. The highest BCUT2D eigenvalue weighted by molar-refractivity contribution is 5.99. The lowest BCUT2D eigenvalue weighted by molar-refractivity contribution is -0.143. The summed E-state index contributed by atoms with van der Waals surface area (Å²) < 4.78 is 0. The summed E-state index contributed by atoms with van der Waals surface area (Å²) in [5, 5.41) is 18.9. The van der Waals surface area contributed by atoms with Crippen molar-refractivity contribution < 1.29 is 33.6 Å². The van der Waals surface area contributed by atoms with Gasteiger partial charge in [-0.25, -0.2) is 0 Å². The second kappa shape index (κ2) is 24.7. The molecule has 3 aromatic carbocycles. The standard InChI is InChI=1S/C59H79N9O7/c1-3-61-36(2)53(69)66-52(40-20-8-5-9-21-40)59(75)68-35-44(33-50(68)57(73)65-48-27-15-23-38-17-11-13-25-46(38)48)63-55(71)42-30-28-41(29-31-42)54(70)62-43-32-49(67(34-43)58(74)51(60)39-18-6-4-7-19-39)56(72)64-47-26-14-22-37-16-10-12-24-45(37)47/h10-13,16-17,24-25,28-31,36,39-40,43-44,47-52,61H,3-9,14-15,18-23,26-27,32-35,60H2,1-2H3,(H,62,70)(H,63,71)(H,64,72)(H,65,73)(H,66,69)/t36-,43-,44-,47+,48+,49-,50-,51-,52-/m0/s1. The lowest BCUT2D eigenvalue weighted by Gasteiger charge is -2.35. The van der Waals surface area contributed by atoms with E-state index in [-0.39, 0.29) is 84.9 Å². The number of fused-ring (bicyclic) bond motifs is 2. The number of aryl methyl sites for hydroxylation is 2. The molecule has 3 aromatic rings. The molecule has 9 rings (SSSR count). The fourth-order valence-corrected chi connectivity index (χ4v) is 13.1. The maximum atomic E-state index is 14.9. The molecule has 4 fully saturated rings. The van der Waals surface area contributed by atoms with Crippen LogP contribution in [0.4, 0.5) is 0 Å². The smallest absolute Gasteiger partial charge is 0.251 e. The van der Waals surface area contributed by atoms with Crippen LogP contribution < -0.4 is 37.6 Å². The van der Waals surface area contributed by atoms with Gasteiger partial charge in [0.15, 0.2) is 0 Å². The summed E-state index contributed by atoms with van der Waals surface area (Å²) in [7, 11) is 0. The number of carbonyl (C=O) groups is 7. The minimum Gasteiger partial charge on any atom is -0.347 e. The first kappa shape index (κ1) is 53.7. The van der Waals surface area contributed by atoms with Crippen molar-refractivity contribution in [3.63, 3.8) is 0 Å². The van der Waals surface area contributed by atoms with Crippen molar-refractivity contribution in [3.8, 4) is 0 Å². The fraction of sp³-hybridized carbons (Fsp3) is 0.576. The molecule has 2 saturated carbocycles. The molecule has 16 nitrogen and oxygen atoms in total. The van der Waals surface area contributed by atoms with Gasteiger partial charge in [0.25, 0.3) is 11.8 Å². The highest BCUT2D eigenvalue weighted by Crippen LogP contribution is 2.35. The molecule has 0 unspecified atom stereocenters. The summed E-state index contributed by atoms with van der Waals surface area (Å²) in [4.78, 5) is 102. The maximum absolute atomic E-state index is 14.9. The zero-order valence-corrected chi connectivity index (χ0v) is 44.0. The summed E-state index contributed by atoms with van der Waals surface area (Å²) in [6, 6.07) is 17.3. The second-order valence-electron chi connectivity index (χ2n) is 22.3. The fourth-order valence-electron chi connectivity index (χ4n) is 13.1. The maximum Gasteiger partial charge on any atom is 0.251 e. The monoisotopic (exact) mass is 1030 g/mol. The summed E-state index contributed by atoms with van der Waals surface area (Å²) in [6.07, 6.45) is 15.1. The number of likely N-dealkylation sites (N-methyl/N-ethyl adjacent to an activating group) is 1. The quantitative estimate of drug-likeness (QED) is 0.0969. The van der Waals surface area contributed by atoms with Gasteiger partial charge in [-0.3, -0.25) is 33.6 Å². The molecular formula is C59H79N9O7. The number of rotatable bonds is 16. The number of carbonyl (C=O) groups excluding carboxylic acids is 7. The third-order valence-electron chi connectivity index (χ3n) is 17.3. The summed E-state index contributed by atoms with van der Waals surface area (Å²) in [5.41, 5.74) is 11.8. The number of nitrogens with one attached hydrogen (secondary N) is 6. The van der Waals surface area contributed by atoms with Crippen molar-refractivity contribution in [1.82, 2.24) is 41.7 Å². The average molecular weight is 1030 g/mol. The van der Waals surface area contributed by atoms with E-state index in [1.807, 2.05) is 37.3 Å². The molecule has 6 aliphatic rings. The number of hydrogen-bond donors (Lipinski definition) is 7. The van der Waals surface area contributed by atoms with Crippen LogP contribution >= 0.6 is 0 Å². The first-order valence-electron chi connectivity index (χ1n) is 28.2. The predicted octanol–water partition coefficient (Wildman–Crippen LogP) is 5.44. The molecule has 2 saturated heterocycles. The van der Waals surface area contributed by atoms with Gasteiger partial charge in [-0.05, 0) is 149 Å². The first-order chi connectivity index (χ1) is 36.4. The van der Waals surface area contributed by atoms with Crippen molar-refractivity contribution in [2.24, 2.45) is 17.6 Å². The van der Waals surface area contributed by atoms with Crippen LogP contribution in [0, 0.1) is 11.8 Å². The molecule has 0 spiro atoms. The number of likely N-dealkylation sites (tertiary alicyclic amines) is 2. The van der Waals surface area contributed by atoms with Gasteiger partial charge >= 0.3 is 0 Å². The van der Waals surface area contributed by atoms with E-state index in [0.717, 1.165) is 114 Å². The molecule has 7 amide bonds. The molecular weight excluding hydrogens is 947 g/mol. The normalized spacial score (nSPS) is 25.2. The van der Waals surface area contributed by atoms with Crippen molar-refractivity contribution in [1.29, 1.82) is 0 Å². The van der Waals surface area contributed by atoms with Crippen LogP contribution in [-0.2, 0) is 36.8 Å². The van der Waals surface area contributed by atoms with E-state index < -0.39 is 54.1 Å². The molecule has 8 N–H and O–H groups in total. The molecule has 16 heteroatoms. The number of hydrogen-bond acceptors (Lipinski definition) is 9. The largest absolute Gasteiger partial charge is 0.347 e. The van der Waals surface area contributed by atoms with Crippen LogP contribution in [0.1, 0.15) is 172 Å². The highest BCUT2D eigenvalue weighted by atomic mass is 16.2. The second-order valence-corrected chi connectivity index (χ2v) is 22.3. The van der Waals surface area contributed by atoms with Crippen molar-refractivity contribution in [2.75, 3.05) is 19.6 Å². The Labute approximate surface area is 442 Å². The Bertz CT molecular complexity index is 2540. The zero-order valence-electron chi connectivity index (χ0n) is 44.0. The Morgan fingerprint density at radius 2 is 1.01 bits per heavy atom. The molecule has 0 bridgehead atoms. The number of amides is 7. The van der Waals surface area contributed by atoms with Gasteiger partial charge in [-0.2, -0.15) is 0 Å². The van der Waals surface area contributed by atoms with Crippen LogP contribution in [-0.4, -0.2) is 113 Å². The van der Waals surface area contributed by atoms with Crippen molar-refractivity contribution in [2.45, 2.75) is 184 Å². The average Bonchev–Trinajstić information content (AvgIpc) is 4.07. The van der Waals surface area contributed by atoms with Crippen LogP contribution in [0.3, 0.4) is 0 Å². The lowest BCUT2D eigenvalue weighted by Crippen LogP contribution is -2.58. The topological polar surface area (TPSA) is 224 Å². The molecule has 402 valence electrons. The summed E-state index contributed by atoms with van der Waals surface area (Å²) >= 11 is 0. The van der Waals surface area contributed by atoms with E-state index in [4.69, 9.17) is 5.73 Å². The van der Waals surface area contributed by atoms with Gasteiger partial charge in [-0.15, -0.1) is 0 Å². The minimum absolute atomic E-state index is 0.0421. The molecule has 4 aliphatic carbocycles.